The third kappa shape index (κ3) is 7.86. The van der Waals surface area contributed by atoms with Gasteiger partial charge in [0.25, 0.3) is 0 Å². The van der Waals surface area contributed by atoms with E-state index in [-0.39, 0.29) is 56.4 Å². The summed E-state index contributed by atoms with van der Waals surface area (Å²) >= 11 is 0. The van der Waals surface area contributed by atoms with Crippen LogP contribution in [0.1, 0.15) is 60.8 Å². The van der Waals surface area contributed by atoms with E-state index >= 15 is 0 Å². The van der Waals surface area contributed by atoms with Gasteiger partial charge in [0.15, 0.2) is 0 Å². The molecule has 6 rings (SSSR count). The van der Waals surface area contributed by atoms with Crippen molar-refractivity contribution in [2.24, 2.45) is 5.92 Å². The van der Waals surface area contributed by atoms with E-state index in [9.17, 15) is 24.3 Å². The molecule has 3 aromatic rings. The van der Waals surface area contributed by atoms with Crippen LogP contribution in [-0.2, 0) is 36.8 Å². The van der Waals surface area contributed by atoms with Crippen LogP contribution in [0, 0.1) is 5.92 Å². The number of cyclic esters (lactones) is 1. The first-order valence-corrected chi connectivity index (χ1v) is 17.0. The molecule has 0 spiro atoms. The molecule has 3 aromatic carbocycles. The molecule has 2 aliphatic heterocycles. The van der Waals surface area contributed by atoms with Crippen LogP contribution in [0.3, 0.4) is 0 Å². The molecule has 0 radical (unpaired) electrons. The summed E-state index contributed by atoms with van der Waals surface area (Å²) in [7, 11) is 0. The molecule has 3 amide bonds. The second-order valence-electron chi connectivity index (χ2n) is 13.0. The SMILES string of the molecule is C[C@H]1CNC(=O)[C@@H](CC(=O)N2Cc3ccccc3C[C@H]2CO)CC=CCC[C@H](NC(=O)OCC2c3ccccc3-c3ccccc32)C(=O)O1. The maximum absolute atomic E-state index is 13.5. The van der Waals surface area contributed by atoms with Crippen molar-refractivity contribution in [2.75, 3.05) is 19.8 Å². The summed E-state index contributed by atoms with van der Waals surface area (Å²) in [6, 6.07) is 22.7. The Balaban J connectivity index is 1.07. The van der Waals surface area contributed by atoms with Crippen LogP contribution < -0.4 is 10.6 Å². The van der Waals surface area contributed by atoms with Gasteiger partial charge in [-0.05, 0) is 66.0 Å². The molecular formula is C39H43N3O7. The number of benzene rings is 3. The topological polar surface area (TPSA) is 134 Å². The van der Waals surface area contributed by atoms with Gasteiger partial charge in [0.05, 0.1) is 25.1 Å². The van der Waals surface area contributed by atoms with Crippen molar-refractivity contribution >= 4 is 23.9 Å². The lowest BCUT2D eigenvalue weighted by atomic mass is 9.92. The molecule has 2 heterocycles. The van der Waals surface area contributed by atoms with E-state index in [4.69, 9.17) is 9.47 Å². The molecule has 1 aliphatic carbocycles. The van der Waals surface area contributed by atoms with Crippen LogP contribution in [0.2, 0.25) is 0 Å². The standard InChI is InChI=1S/C39H43N3O7/c1-25-21-40-37(45)27(20-36(44)42-22-28-13-6-5-11-26(28)19-29(42)23-43)12-3-2-4-18-35(38(46)49-25)41-39(47)48-24-34-32-16-9-7-14-30(32)31-15-8-10-17-33(31)34/h2-3,5-11,13-17,25,27,29,34-35,43H,4,12,18-24H2,1H3,(H,40,45)(H,41,47)/t25-,27+,29-,35-/m0/s1. The monoisotopic (exact) mass is 665 g/mol. The third-order valence-corrected chi connectivity index (χ3v) is 9.69. The van der Waals surface area contributed by atoms with Crippen molar-refractivity contribution in [2.45, 2.75) is 69.7 Å². The largest absolute Gasteiger partial charge is 0.459 e. The minimum Gasteiger partial charge on any atom is -0.459 e. The molecule has 10 heteroatoms. The first kappa shape index (κ1) is 33.9. The number of aliphatic hydroxyl groups is 1. The van der Waals surface area contributed by atoms with Crippen LogP contribution in [0.15, 0.2) is 84.9 Å². The highest BCUT2D eigenvalue weighted by Gasteiger charge is 2.33. The number of esters is 1. The zero-order valence-corrected chi connectivity index (χ0v) is 27.7. The first-order valence-electron chi connectivity index (χ1n) is 17.0. The molecule has 0 fully saturated rings. The molecule has 4 atom stereocenters. The number of aliphatic hydroxyl groups excluding tert-OH is 1. The number of amides is 3. The lowest BCUT2D eigenvalue weighted by molar-refractivity contribution is -0.151. The second-order valence-corrected chi connectivity index (χ2v) is 13.0. The van der Waals surface area contributed by atoms with Crippen molar-refractivity contribution in [3.63, 3.8) is 0 Å². The average molecular weight is 666 g/mol. The zero-order valence-electron chi connectivity index (χ0n) is 27.7. The highest BCUT2D eigenvalue weighted by Crippen LogP contribution is 2.44. The van der Waals surface area contributed by atoms with Gasteiger partial charge in [-0.3, -0.25) is 9.59 Å². The summed E-state index contributed by atoms with van der Waals surface area (Å²) < 4.78 is 11.3. The Morgan fingerprint density at radius 3 is 2.35 bits per heavy atom. The van der Waals surface area contributed by atoms with Crippen LogP contribution in [0.4, 0.5) is 4.79 Å². The fourth-order valence-electron chi connectivity index (χ4n) is 7.04. The summed E-state index contributed by atoms with van der Waals surface area (Å²) in [5.74, 6) is -1.88. The quantitative estimate of drug-likeness (QED) is 0.258. The minimum absolute atomic E-state index is 0.0189. The van der Waals surface area contributed by atoms with E-state index in [1.165, 1.54) is 0 Å². The Morgan fingerprint density at radius 1 is 0.959 bits per heavy atom. The summed E-state index contributed by atoms with van der Waals surface area (Å²) in [5, 5.41) is 15.6. The second kappa shape index (κ2) is 15.5. The van der Waals surface area contributed by atoms with Crippen LogP contribution >= 0.6 is 0 Å². The van der Waals surface area contributed by atoms with Crippen molar-refractivity contribution < 1.29 is 33.8 Å². The number of hydrogen-bond acceptors (Lipinski definition) is 7. The number of allylic oxidation sites excluding steroid dienone is 2. The van der Waals surface area contributed by atoms with Gasteiger partial charge in [-0.25, -0.2) is 9.59 Å². The molecule has 3 N–H and O–H groups in total. The Hall–Kier alpha value is -4.96. The molecule has 49 heavy (non-hydrogen) atoms. The number of carbonyl (C=O) groups excluding carboxylic acids is 4. The Kier molecular flexibility index (Phi) is 10.7. The lowest BCUT2D eigenvalue weighted by Gasteiger charge is -2.36. The van der Waals surface area contributed by atoms with Crippen molar-refractivity contribution in [3.05, 3.63) is 107 Å². The van der Waals surface area contributed by atoms with Crippen molar-refractivity contribution in [3.8, 4) is 11.1 Å². The molecule has 0 unspecified atom stereocenters. The van der Waals surface area contributed by atoms with Gasteiger partial charge in [-0.1, -0.05) is 84.9 Å². The van der Waals surface area contributed by atoms with Crippen LogP contribution in [0.5, 0.6) is 0 Å². The number of nitrogens with one attached hydrogen (secondary N) is 2. The molecular weight excluding hydrogens is 622 g/mol. The predicted molar refractivity (Wildman–Crippen MR) is 183 cm³/mol. The Bertz CT molecular complexity index is 1680. The van der Waals surface area contributed by atoms with Gasteiger partial charge in [0.1, 0.15) is 18.8 Å². The fraction of sp³-hybridized carbons (Fsp3) is 0.385. The molecule has 0 bridgehead atoms. The summed E-state index contributed by atoms with van der Waals surface area (Å²) in [6.07, 6.45) is 3.85. The maximum atomic E-state index is 13.5. The van der Waals surface area contributed by atoms with Crippen molar-refractivity contribution in [1.82, 2.24) is 15.5 Å². The Morgan fingerprint density at radius 2 is 1.63 bits per heavy atom. The van der Waals surface area contributed by atoms with Gasteiger partial charge in [-0.15, -0.1) is 0 Å². The van der Waals surface area contributed by atoms with Gasteiger partial charge < -0.3 is 30.1 Å². The third-order valence-electron chi connectivity index (χ3n) is 9.69. The van der Waals surface area contributed by atoms with Crippen LogP contribution in [-0.4, -0.2) is 71.8 Å². The molecule has 3 aliphatic rings. The summed E-state index contributed by atoms with van der Waals surface area (Å²) in [6.45, 7) is 2.05. The normalized spacial score (nSPS) is 22.6. The number of fused-ring (bicyclic) bond motifs is 4. The number of alkyl carbamates (subject to hydrolysis) is 1. The van der Waals surface area contributed by atoms with Gasteiger partial charge in [0.2, 0.25) is 11.8 Å². The highest BCUT2D eigenvalue weighted by molar-refractivity contribution is 5.86. The first-order chi connectivity index (χ1) is 23.8. The number of carbonyl (C=O) groups is 4. The van der Waals surface area contributed by atoms with Crippen LogP contribution in [0.25, 0.3) is 11.1 Å². The maximum Gasteiger partial charge on any atom is 0.407 e. The van der Waals surface area contributed by atoms with E-state index in [1.54, 1.807) is 11.8 Å². The number of hydrogen-bond donors (Lipinski definition) is 3. The number of ether oxygens (including phenoxy) is 2. The zero-order chi connectivity index (χ0) is 34.3. The lowest BCUT2D eigenvalue weighted by Crippen LogP contribution is -2.48. The molecule has 0 saturated carbocycles. The molecule has 0 aromatic heterocycles. The fourth-order valence-corrected chi connectivity index (χ4v) is 7.04. The Labute approximate surface area is 286 Å². The van der Waals surface area contributed by atoms with E-state index in [1.807, 2.05) is 72.8 Å². The van der Waals surface area contributed by atoms with Gasteiger partial charge >= 0.3 is 12.1 Å². The smallest absolute Gasteiger partial charge is 0.407 e. The molecule has 10 nitrogen and oxygen atoms in total. The highest BCUT2D eigenvalue weighted by atomic mass is 16.6. The average Bonchev–Trinajstić information content (AvgIpc) is 3.44. The van der Waals surface area contributed by atoms with Gasteiger partial charge in [0, 0.05) is 18.9 Å². The van der Waals surface area contributed by atoms with E-state index in [0.29, 0.717) is 25.8 Å². The number of rotatable bonds is 6. The molecule has 0 saturated heterocycles. The van der Waals surface area contributed by atoms with Crippen molar-refractivity contribution in [1.29, 1.82) is 0 Å². The van der Waals surface area contributed by atoms with E-state index in [2.05, 4.69) is 22.8 Å². The number of nitrogens with zero attached hydrogens (tertiary/aromatic N) is 1. The van der Waals surface area contributed by atoms with E-state index in [0.717, 1.165) is 33.4 Å². The summed E-state index contributed by atoms with van der Waals surface area (Å²) in [4.78, 5) is 54.6. The molecule has 256 valence electrons. The minimum atomic E-state index is -0.950. The predicted octanol–water partition coefficient (Wildman–Crippen LogP) is 4.63. The van der Waals surface area contributed by atoms with Gasteiger partial charge in [-0.2, -0.15) is 0 Å². The summed E-state index contributed by atoms with van der Waals surface area (Å²) in [5.41, 5.74) is 6.58. The van der Waals surface area contributed by atoms with E-state index < -0.39 is 30.1 Å².